The van der Waals surface area contributed by atoms with Gasteiger partial charge in [0.15, 0.2) is 17.4 Å². The highest BCUT2D eigenvalue weighted by Crippen LogP contribution is 2.30. The first-order valence-corrected chi connectivity index (χ1v) is 10.8. The quantitative estimate of drug-likeness (QED) is 0.347. The molecule has 8 heteroatoms. The fraction of sp³-hybridized carbons (Fsp3) is 0.333. The average Bonchev–Trinajstić information content (AvgIpc) is 2.83. The number of rotatable bonds is 6. The van der Waals surface area contributed by atoms with Gasteiger partial charge in [-0.2, -0.15) is 0 Å². The molecule has 0 unspecified atom stereocenters. The normalized spacial score (nSPS) is 10.3. The van der Waals surface area contributed by atoms with Crippen LogP contribution < -0.4 is 4.74 Å². The van der Waals surface area contributed by atoms with E-state index in [-0.39, 0.29) is 11.3 Å². The van der Waals surface area contributed by atoms with Gasteiger partial charge in [0.2, 0.25) is 0 Å². The number of carbonyl (C=O) groups is 1. The number of hydrogen-bond donors (Lipinski definition) is 1. The van der Waals surface area contributed by atoms with Gasteiger partial charge >= 0.3 is 5.97 Å². The van der Waals surface area contributed by atoms with Crippen LogP contribution in [0.25, 0.3) is 0 Å². The Morgan fingerprint density at radius 3 is 1.97 bits per heavy atom. The van der Waals surface area contributed by atoms with Gasteiger partial charge in [0.25, 0.3) is 0 Å². The number of ether oxygens (including phenoxy) is 1. The van der Waals surface area contributed by atoms with Crippen molar-refractivity contribution < 1.29 is 23.4 Å². The molecule has 2 aromatic rings. The first-order valence-electron chi connectivity index (χ1n) is 10.8. The summed E-state index contributed by atoms with van der Waals surface area (Å²) in [5.74, 6) is -2.22. The maximum atomic E-state index is 13.5. The van der Waals surface area contributed by atoms with Crippen LogP contribution in [-0.4, -0.2) is 44.8 Å². The van der Waals surface area contributed by atoms with Gasteiger partial charge in [-0.15, -0.1) is 0 Å². The number of aryl methyl sites for hydroxylation is 2. The van der Waals surface area contributed by atoms with Crippen LogP contribution in [0.1, 0.15) is 45.2 Å². The molecule has 2 aromatic carbocycles. The van der Waals surface area contributed by atoms with E-state index in [9.17, 15) is 13.6 Å². The maximum Gasteiger partial charge on any atom is 0.333 e. The lowest BCUT2D eigenvalue weighted by Gasteiger charge is -2.11. The molecular weight excluding hydrogens is 452 g/mol. The zero-order valence-electron chi connectivity index (χ0n) is 21.7. The standard InChI is InChI=1S/C16H16F2O.C6H9NO2.C3H7N.C2H5N/c1-3-5-12-8-9-15(11(2)10-12)19-16-13(17)6-4-7-14(16)18;1-4(6(8)9)5(2)7-3;1-3-4-2;1-3-2/h4,6-10H,3,5H2,1-2H3;3H2,1-2H3,(H,8,9);3H,1-2H3;1H2,2H3/b;5-4+;;. The lowest BCUT2D eigenvalue weighted by atomic mass is 10.1. The van der Waals surface area contributed by atoms with Crippen molar-refractivity contribution in [3.05, 3.63) is 70.4 Å². The molecule has 0 saturated carbocycles. The van der Waals surface area contributed by atoms with E-state index in [0.717, 1.165) is 18.4 Å². The molecule has 2 rings (SSSR count). The molecule has 0 aromatic heterocycles. The number of carboxylic acid groups (broad SMARTS) is 1. The second kappa shape index (κ2) is 19.8. The Balaban J connectivity index is 0. The van der Waals surface area contributed by atoms with Crippen molar-refractivity contribution in [3.8, 4) is 11.5 Å². The van der Waals surface area contributed by atoms with Crippen LogP contribution >= 0.6 is 0 Å². The Kier molecular flexibility index (Phi) is 18.9. The zero-order valence-corrected chi connectivity index (χ0v) is 21.7. The van der Waals surface area contributed by atoms with Crippen LogP contribution in [-0.2, 0) is 11.2 Å². The predicted molar refractivity (Wildman–Crippen MR) is 143 cm³/mol. The maximum absolute atomic E-state index is 13.5. The summed E-state index contributed by atoms with van der Waals surface area (Å²) in [7, 11) is 3.39. The summed E-state index contributed by atoms with van der Waals surface area (Å²) in [6.07, 6.45) is 3.79. The number of allylic oxidation sites excluding steroid dienone is 1. The van der Waals surface area contributed by atoms with E-state index < -0.39 is 17.6 Å². The average molecular weight is 490 g/mol. The van der Waals surface area contributed by atoms with E-state index in [1.807, 2.05) is 26.0 Å². The van der Waals surface area contributed by atoms with E-state index in [2.05, 4.69) is 35.3 Å². The van der Waals surface area contributed by atoms with Gasteiger partial charge in [-0.3, -0.25) is 4.99 Å². The molecule has 0 aliphatic heterocycles. The van der Waals surface area contributed by atoms with Gasteiger partial charge in [-0.05, 0) is 83.1 Å². The van der Waals surface area contributed by atoms with Crippen LogP contribution in [0.5, 0.6) is 11.5 Å². The minimum absolute atomic E-state index is 0.241. The molecule has 0 atom stereocenters. The zero-order chi connectivity index (χ0) is 27.4. The van der Waals surface area contributed by atoms with Crippen LogP contribution in [0.2, 0.25) is 0 Å². The summed E-state index contributed by atoms with van der Waals surface area (Å²) >= 11 is 0. The Labute approximate surface area is 207 Å². The first-order chi connectivity index (χ1) is 16.5. The van der Waals surface area contributed by atoms with E-state index in [1.165, 1.54) is 30.7 Å². The van der Waals surface area contributed by atoms with E-state index >= 15 is 0 Å². The lowest BCUT2D eigenvalue weighted by molar-refractivity contribution is -0.132. The van der Waals surface area contributed by atoms with Gasteiger partial charge in [0, 0.05) is 19.8 Å². The number of para-hydroxylation sites is 1. The van der Waals surface area contributed by atoms with Crippen molar-refractivity contribution in [3.63, 3.8) is 0 Å². The third-order valence-corrected chi connectivity index (χ3v) is 4.27. The van der Waals surface area contributed by atoms with Crippen molar-refractivity contribution in [1.29, 1.82) is 0 Å². The minimum atomic E-state index is -0.945. The number of nitrogens with zero attached hydrogens (tertiary/aromatic N) is 3. The lowest BCUT2D eigenvalue weighted by Crippen LogP contribution is -1.97. The van der Waals surface area contributed by atoms with Crippen molar-refractivity contribution in [1.82, 2.24) is 0 Å². The number of halogens is 2. The summed E-state index contributed by atoms with van der Waals surface area (Å²) in [5.41, 5.74) is 2.77. The van der Waals surface area contributed by atoms with Crippen molar-refractivity contribution in [2.45, 2.75) is 47.5 Å². The third kappa shape index (κ3) is 14.2. The fourth-order valence-corrected chi connectivity index (χ4v) is 2.23. The van der Waals surface area contributed by atoms with Crippen LogP contribution in [0.4, 0.5) is 8.78 Å². The molecule has 6 nitrogen and oxygen atoms in total. The van der Waals surface area contributed by atoms with Gasteiger partial charge in [0.1, 0.15) is 5.75 Å². The summed E-state index contributed by atoms with van der Waals surface area (Å²) in [4.78, 5) is 20.5. The van der Waals surface area contributed by atoms with E-state index in [0.29, 0.717) is 11.4 Å². The molecule has 0 radical (unpaired) electrons. The highest BCUT2D eigenvalue weighted by molar-refractivity contribution is 5.86. The Bertz CT molecular complexity index is 979. The van der Waals surface area contributed by atoms with Crippen molar-refractivity contribution in [2.75, 3.05) is 14.1 Å². The Morgan fingerprint density at radius 2 is 1.63 bits per heavy atom. The Hall–Kier alpha value is -3.68. The van der Waals surface area contributed by atoms with Gasteiger partial charge in [0.05, 0.1) is 5.57 Å². The summed E-state index contributed by atoms with van der Waals surface area (Å²) < 4.78 is 32.4. The summed E-state index contributed by atoms with van der Waals surface area (Å²) in [6, 6.07) is 9.33. The van der Waals surface area contributed by atoms with Crippen LogP contribution in [0.3, 0.4) is 0 Å². The number of benzene rings is 2. The number of hydrogen-bond acceptors (Lipinski definition) is 5. The molecule has 0 bridgehead atoms. The third-order valence-electron chi connectivity index (χ3n) is 4.27. The summed E-state index contributed by atoms with van der Waals surface area (Å²) in [6.45, 7) is 15.3. The fourth-order valence-electron chi connectivity index (χ4n) is 2.23. The highest BCUT2D eigenvalue weighted by atomic mass is 19.1. The second-order valence-electron chi connectivity index (χ2n) is 7.01. The highest BCUT2D eigenvalue weighted by Gasteiger charge is 2.12. The molecule has 0 saturated heterocycles. The molecule has 1 N–H and O–H groups in total. The molecule has 35 heavy (non-hydrogen) atoms. The van der Waals surface area contributed by atoms with E-state index in [4.69, 9.17) is 9.84 Å². The molecular formula is C27H37F2N3O3. The summed E-state index contributed by atoms with van der Waals surface area (Å²) in [5, 5.41) is 8.34. The monoisotopic (exact) mass is 489 g/mol. The predicted octanol–water partition coefficient (Wildman–Crippen LogP) is 7.11. The molecule has 0 aliphatic carbocycles. The van der Waals surface area contributed by atoms with Gasteiger partial charge < -0.3 is 19.8 Å². The Morgan fingerprint density at radius 1 is 1.11 bits per heavy atom. The molecule has 0 fully saturated rings. The molecule has 0 heterocycles. The molecule has 0 spiro atoms. The van der Waals surface area contributed by atoms with Crippen molar-refractivity contribution >= 4 is 25.6 Å². The number of carboxylic acids is 1. The molecule has 0 amide bonds. The second-order valence-corrected chi connectivity index (χ2v) is 7.01. The van der Waals surface area contributed by atoms with Crippen molar-refractivity contribution in [2.24, 2.45) is 15.0 Å². The molecule has 192 valence electrons. The smallest absolute Gasteiger partial charge is 0.333 e. The topological polar surface area (TPSA) is 83.6 Å². The first kappa shape index (κ1) is 33.5. The molecule has 0 aliphatic rings. The number of aliphatic carboxylic acids is 1. The van der Waals surface area contributed by atoms with E-state index in [1.54, 1.807) is 33.3 Å². The number of aliphatic imine (C=N–C) groups is 3. The van der Waals surface area contributed by atoms with Crippen LogP contribution in [0, 0.1) is 18.6 Å². The minimum Gasteiger partial charge on any atom is -0.478 e. The largest absolute Gasteiger partial charge is 0.478 e. The van der Waals surface area contributed by atoms with Gasteiger partial charge in [-0.25, -0.2) is 13.6 Å². The SMILES string of the molecule is C=N/C(C)=C(\C)C(=O)O.C=NC.CC=NC.CCCc1ccc(Oc2c(F)cccc2F)c(C)c1. The van der Waals surface area contributed by atoms with Crippen LogP contribution in [0.15, 0.2) is 62.6 Å². The van der Waals surface area contributed by atoms with Gasteiger partial charge in [-0.1, -0.05) is 31.5 Å².